The second-order valence-corrected chi connectivity index (χ2v) is 5.47. The van der Waals surface area contributed by atoms with Gasteiger partial charge in [0.2, 0.25) is 0 Å². The minimum absolute atomic E-state index is 0.235. The molecule has 1 aliphatic rings. The van der Waals surface area contributed by atoms with Gasteiger partial charge < -0.3 is 15.7 Å². The molecule has 0 radical (unpaired) electrons. The highest BCUT2D eigenvalue weighted by Gasteiger charge is 2.24. The fourth-order valence-corrected chi connectivity index (χ4v) is 3.14. The summed E-state index contributed by atoms with van der Waals surface area (Å²) in [6, 6.07) is 8.37. The van der Waals surface area contributed by atoms with E-state index in [0.717, 1.165) is 41.7 Å². The molecule has 1 unspecified atom stereocenters. The van der Waals surface area contributed by atoms with Crippen LogP contribution in [0.1, 0.15) is 25.7 Å². The summed E-state index contributed by atoms with van der Waals surface area (Å²) in [6.45, 7) is 1.25. The van der Waals surface area contributed by atoms with Crippen molar-refractivity contribution >= 4 is 22.3 Å². The number of hydrogen-bond donors (Lipinski definition) is 2. The summed E-state index contributed by atoms with van der Waals surface area (Å²) in [5.41, 5.74) is 6.64. The first-order chi connectivity index (χ1) is 9.79. The summed E-state index contributed by atoms with van der Waals surface area (Å²) < 4.78 is 0. The topological polar surface area (TPSA) is 62.4 Å². The van der Waals surface area contributed by atoms with Crippen LogP contribution in [-0.4, -0.2) is 29.3 Å². The first-order valence-corrected chi connectivity index (χ1v) is 7.31. The number of aromatic nitrogens is 1. The monoisotopic (exact) mass is 271 g/mol. The Bertz CT molecular complexity index is 597. The Labute approximate surface area is 119 Å². The van der Waals surface area contributed by atoms with Gasteiger partial charge in [-0.15, -0.1) is 0 Å². The van der Waals surface area contributed by atoms with Crippen LogP contribution in [0.5, 0.6) is 0 Å². The molecule has 20 heavy (non-hydrogen) atoms. The molecule has 2 heterocycles. The molecular weight excluding hydrogens is 250 g/mol. The molecule has 4 heteroatoms. The highest BCUT2D eigenvalue weighted by atomic mass is 16.3. The van der Waals surface area contributed by atoms with Crippen LogP contribution in [0.25, 0.3) is 10.8 Å². The predicted molar refractivity (Wildman–Crippen MR) is 82.8 cm³/mol. The average Bonchev–Trinajstić information content (AvgIpc) is 2.47. The van der Waals surface area contributed by atoms with Gasteiger partial charge in [0, 0.05) is 36.5 Å². The van der Waals surface area contributed by atoms with E-state index in [4.69, 9.17) is 5.73 Å². The van der Waals surface area contributed by atoms with Crippen LogP contribution < -0.4 is 10.6 Å². The molecule has 0 aliphatic carbocycles. The molecule has 0 saturated carbocycles. The summed E-state index contributed by atoms with van der Waals surface area (Å²) in [5.74, 6) is 1.03. The molecule has 1 saturated heterocycles. The van der Waals surface area contributed by atoms with E-state index in [1.807, 2.05) is 24.4 Å². The zero-order valence-electron chi connectivity index (χ0n) is 11.6. The SMILES string of the molecule is Nc1ccc2c(N3CCCCC3CCO)nccc2c1. The number of rotatable bonds is 3. The van der Waals surface area contributed by atoms with E-state index in [2.05, 4.69) is 16.0 Å². The highest BCUT2D eigenvalue weighted by Crippen LogP contribution is 2.31. The molecule has 1 fully saturated rings. The molecule has 1 aromatic heterocycles. The van der Waals surface area contributed by atoms with Gasteiger partial charge in [-0.1, -0.05) is 0 Å². The van der Waals surface area contributed by atoms with E-state index < -0.39 is 0 Å². The van der Waals surface area contributed by atoms with Gasteiger partial charge in [0.1, 0.15) is 5.82 Å². The number of nitrogens with two attached hydrogens (primary N) is 1. The summed E-state index contributed by atoms with van der Waals surface area (Å²) >= 11 is 0. The fraction of sp³-hybridized carbons (Fsp3) is 0.438. The van der Waals surface area contributed by atoms with Gasteiger partial charge in [-0.05, 0) is 55.3 Å². The van der Waals surface area contributed by atoms with Crippen LogP contribution in [-0.2, 0) is 0 Å². The maximum Gasteiger partial charge on any atom is 0.136 e. The standard InChI is InChI=1S/C16H21N3O/c17-13-4-5-15-12(11-13)6-8-18-16(15)19-9-2-1-3-14(19)7-10-20/h4-6,8,11,14,20H,1-3,7,9-10,17H2. The maximum absolute atomic E-state index is 9.27. The molecule has 3 rings (SSSR count). The third kappa shape index (κ3) is 2.43. The molecule has 0 amide bonds. The fourth-order valence-electron chi connectivity index (χ4n) is 3.14. The van der Waals surface area contributed by atoms with Gasteiger partial charge in [0.15, 0.2) is 0 Å². The minimum Gasteiger partial charge on any atom is -0.399 e. The van der Waals surface area contributed by atoms with E-state index in [9.17, 15) is 5.11 Å². The summed E-state index contributed by atoms with van der Waals surface area (Å²) in [7, 11) is 0. The van der Waals surface area contributed by atoms with Crippen molar-refractivity contribution in [2.24, 2.45) is 0 Å². The number of pyridine rings is 1. The Kier molecular flexibility index (Phi) is 3.74. The van der Waals surface area contributed by atoms with Crippen molar-refractivity contribution in [2.75, 3.05) is 23.8 Å². The molecule has 1 aromatic carbocycles. The molecule has 0 bridgehead atoms. The largest absolute Gasteiger partial charge is 0.399 e. The summed E-state index contributed by atoms with van der Waals surface area (Å²) in [4.78, 5) is 6.96. The zero-order chi connectivity index (χ0) is 13.9. The summed E-state index contributed by atoms with van der Waals surface area (Å²) in [5, 5.41) is 11.5. The van der Waals surface area contributed by atoms with Crippen molar-refractivity contribution in [1.82, 2.24) is 4.98 Å². The molecular formula is C16H21N3O. The Balaban J connectivity index is 2.03. The van der Waals surface area contributed by atoms with Crippen LogP contribution in [0.15, 0.2) is 30.5 Å². The predicted octanol–water partition coefficient (Wildman–Crippen LogP) is 2.56. The first-order valence-electron chi connectivity index (χ1n) is 7.31. The van der Waals surface area contributed by atoms with Crippen LogP contribution in [0.2, 0.25) is 0 Å². The van der Waals surface area contributed by atoms with Crippen molar-refractivity contribution < 1.29 is 5.11 Å². The van der Waals surface area contributed by atoms with Crippen LogP contribution in [0.4, 0.5) is 11.5 Å². The third-order valence-corrected chi connectivity index (χ3v) is 4.13. The molecule has 1 aliphatic heterocycles. The number of anilines is 2. The smallest absolute Gasteiger partial charge is 0.136 e. The average molecular weight is 271 g/mol. The van der Waals surface area contributed by atoms with E-state index >= 15 is 0 Å². The van der Waals surface area contributed by atoms with E-state index in [1.165, 1.54) is 12.8 Å². The lowest BCUT2D eigenvalue weighted by molar-refractivity contribution is 0.262. The second kappa shape index (κ2) is 5.67. The Morgan fingerprint density at radius 1 is 1.30 bits per heavy atom. The van der Waals surface area contributed by atoms with Crippen molar-refractivity contribution in [3.8, 4) is 0 Å². The van der Waals surface area contributed by atoms with E-state index in [-0.39, 0.29) is 6.61 Å². The minimum atomic E-state index is 0.235. The third-order valence-electron chi connectivity index (χ3n) is 4.13. The Morgan fingerprint density at radius 2 is 2.20 bits per heavy atom. The van der Waals surface area contributed by atoms with Gasteiger partial charge in [-0.3, -0.25) is 0 Å². The quantitative estimate of drug-likeness (QED) is 0.842. The number of fused-ring (bicyclic) bond motifs is 1. The van der Waals surface area contributed by atoms with Gasteiger partial charge in [0.05, 0.1) is 0 Å². The lowest BCUT2D eigenvalue weighted by Gasteiger charge is -2.37. The van der Waals surface area contributed by atoms with Gasteiger partial charge >= 0.3 is 0 Å². The second-order valence-electron chi connectivity index (χ2n) is 5.47. The number of piperidine rings is 1. The van der Waals surface area contributed by atoms with Crippen LogP contribution in [0.3, 0.4) is 0 Å². The van der Waals surface area contributed by atoms with Crippen LogP contribution >= 0.6 is 0 Å². The molecule has 0 spiro atoms. The van der Waals surface area contributed by atoms with Crippen molar-refractivity contribution in [3.05, 3.63) is 30.5 Å². The number of benzene rings is 1. The molecule has 106 valence electrons. The Morgan fingerprint density at radius 3 is 3.05 bits per heavy atom. The summed E-state index contributed by atoms with van der Waals surface area (Å²) in [6.07, 6.45) is 6.22. The van der Waals surface area contributed by atoms with E-state index in [0.29, 0.717) is 6.04 Å². The molecule has 1 atom stereocenters. The number of nitrogens with zero attached hydrogens (tertiary/aromatic N) is 2. The number of aliphatic hydroxyl groups is 1. The van der Waals surface area contributed by atoms with Crippen molar-refractivity contribution in [2.45, 2.75) is 31.7 Å². The molecule has 3 N–H and O–H groups in total. The number of aliphatic hydroxyl groups excluding tert-OH is 1. The highest BCUT2D eigenvalue weighted by molar-refractivity contribution is 5.94. The zero-order valence-corrected chi connectivity index (χ0v) is 11.6. The lowest BCUT2D eigenvalue weighted by Crippen LogP contribution is -2.40. The van der Waals surface area contributed by atoms with Crippen molar-refractivity contribution in [1.29, 1.82) is 0 Å². The van der Waals surface area contributed by atoms with Crippen LogP contribution in [0, 0.1) is 0 Å². The number of hydrogen-bond acceptors (Lipinski definition) is 4. The van der Waals surface area contributed by atoms with Gasteiger partial charge in [-0.2, -0.15) is 0 Å². The van der Waals surface area contributed by atoms with E-state index in [1.54, 1.807) is 0 Å². The number of nitrogen functional groups attached to an aromatic ring is 1. The normalized spacial score (nSPS) is 19.4. The van der Waals surface area contributed by atoms with Crippen molar-refractivity contribution in [3.63, 3.8) is 0 Å². The first kappa shape index (κ1) is 13.2. The van der Waals surface area contributed by atoms with Gasteiger partial charge in [0.25, 0.3) is 0 Å². The maximum atomic E-state index is 9.27. The van der Waals surface area contributed by atoms with Gasteiger partial charge in [-0.25, -0.2) is 4.98 Å². The molecule has 4 nitrogen and oxygen atoms in total. The lowest BCUT2D eigenvalue weighted by atomic mass is 9.98. The Hall–Kier alpha value is -1.81. The molecule has 2 aromatic rings.